The third-order valence-corrected chi connectivity index (χ3v) is 12.0. The molecule has 0 aliphatic heterocycles. The van der Waals surface area contributed by atoms with Crippen molar-refractivity contribution in [3.05, 3.63) is 193 Å². The summed E-state index contributed by atoms with van der Waals surface area (Å²) in [5.41, 5.74) is 2.44. The maximum absolute atomic E-state index is 16.7. The van der Waals surface area contributed by atoms with E-state index in [0.717, 1.165) is 0 Å². The molecule has 0 saturated carbocycles. The third-order valence-electron chi connectivity index (χ3n) is 12.0. The Morgan fingerprint density at radius 1 is 0.362 bits per heavy atom. The predicted octanol–water partition coefficient (Wildman–Crippen LogP) is 11.9. The Morgan fingerprint density at radius 3 is 0.986 bits per heavy atom. The molecule has 16 heteroatoms. The Morgan fingerprint density at radius 2 is 0.667 bits per heavy atom. The topological polar surface area (TPSA) is 137 Å². The minimum absolute atomic E-state index is 0.0285. The van der Waals surface area contributed by atoms with E-state index in [1.54, 1.807) is 95.1 Å². The molecule has 0 fully saturated rings. The second kappa shape index (κ2) is 16.1. The van der Waals surface area contributed by atoms with Gasteiger partial charge in [0.2, 0.25) is 5.82 Å². The first-order valence-corrected chi connectivity index (χ1v) is 21.1. The number of fused-ring (bicyclic) bond motifs is 6. The molecule has 11 nitrogen and oxygen atoms in total. The highest BCUT2D eigenvalue weighted by atomic mass is 19.2. The van der Waals surface area contributed by atoms with E-state index in [4.69, 9.17) is 0 Å². The normalized spacial score (nSPS) is 11.5. The van der Waals surface area contributed by atoms with Crippen molar-refractivity contribution in [1.82, 2.24) is 49.0 Å². The van der Waals surface area contributed by atoms with Crippen molar-refractivity contribution in [3.63, 3.8) is 0 Å². The van der Waals surface area contributed by atoms with Crippen molar-refractivity contribution < 1.29 is 22.0 Å². The average molecular weight is 912 g/mol. The van der Waals surface area contributed by atoms with Gasteiger partial charge >= 0.3 is 0 Å². The molecule has 0 aliphatic rings. The molecular weight excluding hydrogens is 886 g/mol. The lowest BCUT2D eigenvalue weighted by Crippen LogP contribution is -2.09. The highest BCUT2D eigenvalue weighted by molar-refractivity contribution is 6.13. The van der Waals surface area contributed by atoms with Crippen LogP contribution in [0.3, 0.4) is 0 Å². The Hall–Kier alpha value is -9.62. The van der Waals surface area contributed by atoms with Gasteiger partial charge < -0.3 is 9.13 Å². The van der Waals surface area contributed by atoms with Crippen LogP contribution in [0, 0.1) is 40.4 Å². The number of nitrogens with zero attached hydrogens (tertiary/aromatic N) is 11. The number of halogens is 5. The number of rotatable bonds is 7. The van der Waals surface area contributed by atoms with Gasteiger partial charge in [-0.15, -0.1) is 0 Å². The van der Waals surface area contributed by atoms with E-state index in [1.165, 1.54) is 12.1 Å². The Labute approximate surface area is 386 Å². The van der Waals surface area contributed by atoms with Gasteiger partial charge in [0.1, 0.15) is 6.07 Å². The second-order valence-corrected chi connectivity index (χ2v) is 15.8. The zero-order chi connectivity index (χ0) is 46.9. The molecule has 0 saturated heterocycles. The van der Waals surface area contributed by atoms with E-state index in [2.05, 4.69) is 45.9 Å². The zero-order valence-electron chi connectivity index (χ0n) is 35.3. The minimum Gasteiger partial charge on any atom is -0.309 e. The molecule has 69 heavy (non-hydrogen) atoms. The van der Waals surface area contributed by atoms with Crippen molar-refractivity contribution in [2.75, 3.05) is 0 Å². The maximum atomic E-state index is 16.7. The molecule has 0 spiro atoms. The first-order valence-electron chi connectivity index (χ1n) is 21.1. The molecule has 0 unspecified atom stereocenters. The monoisotopic (exact) mass is 911 g/mol. The standard InChI is InChI=1S/C53H26F5N11/c54-45-44(46(55)48(57)49(58)47(45)56)37-26-38(68-39-21-28(50-60-13-1-14-61-50)5-9-33(39)34-10-6-29(22-40(34)68)51-62-15-2-16-63-51)32(27-59)25-43(37)69-41-23-30(52-64-17-3-18-65-52)7-11-35(41)36-12-8-31(24-42(36)69)53-66-19-4-20-67-53/h1-26H. The molecule has 6 aromatic carbocycles. The summed E-state index contributed by atoms with van der Waals surface area (Å²) in [5.74, 6) is -9.28. The first-order chi connectivity index (χ1) is 33.8. The summed E-state index contributed by atoms with van der Waals surface area (Å²) in [7, 11) is 0. The number of hydrogen-bond donors (Lipinski definition) is 0. The van der Waals surface area contributed by atoms with Gasteiger partial charge in [-0.2, -0.15) is 5.26 Å². The van der Waals surface area contributed by atoms with Gasteiger partial charge in [-0.05, 0) is 60.7 Å². The third kappa shape index (κ3) is 6.55. The lowest BCUT2D eigenvalue weighted by Gasteiger charge is -2.20. The summed E-state index contributed by atoms with van der Waals surface area (Å²) < 4.78 is 83.0. The van der Waals surface area contributed by atoms with Gasteiger partial charge in [0.25, 0.3) is 0 Å². The largest absolute Gasteiger partial charge is 0.309 e. The second-order valence-electron chi connectivity index (χ2n) is 15.8. The fraction of sp³-hybridized carbons (Fsp3) is 0. The highest BCUT2D eigenvalue weighted by Gasteiger charge is 2.31. The summed E-state index contributed by atoms with van der Waals surface area (Å²) in [6.45, 7) is 0. The number of hydrogen-bond acceptors (Lipinski definition) is 9. The molecule has 0 N–H and O–H groups in total. The van der Waals surface area contributed by atoms with Gasteiger partial charge in [0, 0.05) is 98.9 Å². The molecule has 0 bridgehead atoms. The summed E-state index contributed by atoms with van der Waals surface area (Å²) >= 11 is 0. The fourth-order valence-corrected chi connectivity index (χ4v) is 8.98. The molecule has 0 atom stereocenters. The number of benzene rings is 6. The maximum Gasteiger partial charge on any atom is 0.200 e. The van der Waals surface area contributed by atoms with Gasteiger partial charge in [-0.1, -0.05) is 48.5 Å². The van der Waals surface area contributed by atoms with E-state index in [9.17, 15) is 9.65 Å². The molecule has 328 valence electrons. The van der Waals surface area contributed by atoms with Gasteiger partial charge in [-0.25, -0.2) is 61.8 Å². The molecule has 0 radical (unpaired) electrons. The Bertz CT molecular complexity index is 3860. The van der Waals surface area contributed by atoms with Gasteiger partial charge in [-0.3, -0.25) is 0 Å². The smallest absolute Gasteiger partial charge is 0.200 e. The Kier molecular flexibility index (Phi) is 9.51. The van der Waals surface area contributed by atoms with Crippen LogP contribution < -0.4 is 0 Å². The summed E-state index contributed by atoms with van der Waals surface area (Å²) in [6, 6.07) is 33.5. The van der Waals surface area contributed by atoms with Crippen molar-refractivity contribution in [2.24, 2.45) is 0 Å². The van der Waals surface area contributed by atoms with Gasteiger partial charge in [0.15, 0.2) is 46.6 Å². The molecule has 12 aromatic rings. The lowest BCUT2D eigenvalue weighted by molar-refractivity contribution is 0.381. The molecule has 6 heterocycles. The van der Waals surface area contributed by atoms with Crippen LogP contribution in [-0.4, -0.2) is 49.0 Å². The van der Waals surface area contributed by atoms with Crippen LogP contribution in [-0.2, 0) is 0 Å². The molecule has 0 amide bonds. The molecule has 12 rings (SSSR count). The quantitative estimate of drug-likeness (QED) is 0.0869. The predicted molar refractivity (Wildman–Crippen MR) is 249 cm³/mol. The van der Waals surface area contributed by atoms with E-state index < -0.39 is 40.2 Å². The van der Waals surface area contributed by atoms with Crippen LogP contribution in [0.4, 0.5) is 22.0 Å². The van der Waals surface area contributed by atoms with Crippen molar-refractivity contribution in [3.8, 4) is 74.1 Å². The highest BCUT2D eigenvalue weighted by Crippen LogP contribution is 2.45. The van der Waals surface area contributed by atoms with Crippen LogP contribution in [0.25, 0.3) is 112 Å². The zero-order valence-corrected chi connectivity index (χ0v) is 35.3. The van der Waals surface area contributed by atoms with E-state index in [0.29, 0.717) is 89.2 Å². The average Bonchev–Trinajstić information content (AvgIpc) is 3.91. The van der Waals surface area contributed by atoms with Crippen molar-refractivity contribution in [1.29, 1.82) is 5.26 Å². The van der Waals surface area contributed by atoms with Gasteiger partial charge in [0.05, 0.1) is 44.6 Å². The molecule has 0 aliphatic carbocycles. The molecule has 6 aromatic heterocycles. The van der Waals surface area contributed by atoms with Crippen LogP contribution in [0.15, 0.2) is 159 Å². The first kappa shape index (κ1) is 40.9. The van der Waals surface area contributed by atoms with E-state index in [-0.39, 0.29) is 16.9 Å². The van der Waals surface area contributed by atoms with Crippen LogP contribution in [0.2, 0.25) is 0 Å². The lowest BCUT2D eigenvalue weighted by atomic mass is 9.97. The SMILES string of the molecule is N#Cc1cc(-n2c3cc(-c4ncccn4)ccc3c3ccc(-c4ncccn4)cc32)c(-c2c(F)c(F)c(F)c(F)c2F)cc1-n1c2cc(-c3ncccn3)ccc2c2ccc(-c3ncccn3)cc21. The Balaban J connectivity index is 1.24. The molecular formula is C53H26F5N11. The number of aromatic nitrogens is 10. The van der Waals surface area contributed by atoms with Crippen LogP contribution in [0.1, 0.15) is 5.56 Å². The minimum atomic E-state index is -2.32. The number of nitriles is 1. The van der Waals surface area contributed by atoms with E-state index in [1.807, 2.05) is 60.7 Å². The summed E-state index contributed by atoms with van der Waals surface area (Å²) in [4.78, 5) is 35.5. The van der Waals surface area contributed by atoms with Crippen LogP contribution in [0.5, 0.6) is 0 Å². The van der Waals surface area contributed by atoms with E-state index >= 15 is 17.6 Å². The fourth-order valence-electron chi connectivity index (χ4n) is 8.98. The van der Waals surface area contributed by atoms with Crippen LogP contribution >= 0.6 is 0 Å². The summed E-state index contributed by atoms with van der Waals surface area (Å²) in [5, 5.41) is 14.0. The van der Waals surface area contributed by atoms with Crippen molar-refractivity contribution in [2.45, 2.75) is 0 Å². The van der Waals surface area contributed by atoms with Crippen molar-refractivity contribution >= 4 is 43.6 Å². The summed E-state index contributed by atoms with van der Waals surface area (Å²) in [6.07, 6.45) is 12.7.